The fraction of sp³-hybridized carbons (Fsp3) is 0.889. The van der Waals surface area contributed by atoms with Crippen LogP contribution in [-0.2, 0) is 9.53 Å². The molecule has 76 valence electrons. The number of ether oxygens (including phenoxy) is 1. The number of thioether (sulfide) groups is 1. The molecule has 0 aromatic rings. The first kappa shape index (κ1) is 10.9. The van der Waals surface area contributed by atoms with Crippen LogP contribution in [0.5, 0.6) is 0 Å². The van der Waals surface area contributed by atoms with Crippen LogP contribution in [0.3, 0.4) is 0 Å². The first-order valence-corrected chi connectivity index (χ1v) is 5.62. The molecule has 1 rings (SSSR count). The summed E-state index contributed by atoms with van der Waals surface area (Å²) >= 11 is 1.84. The summed E-state index contributed by atoms with van der Waals surface area (Å²) in [6.45, 7) is 0.576. The second-order valence-electron chi connectivity index (χ2n) is 3.66. The summed E-state index contributed by atoms with van der Waals surface area (Å²) in [6, 6.07) is 0. The van der Waals surface area contributed by atoms with Crippen molar-refractivity contribution in [1.82, 2.24) is 0 Å². The van der Waals surface area contributed by atoms with Crippen molar-refractivity contribution in [1.29, 1.82) is 0 Å². The van der Waals surface area contributed by atoms with Crippen LogP contribution in [0.1, 0.15) is 19.3 Å². The summed E-state index contributed by atoms with van der Waals surface area (Å²) in [4.78, 5) is 10.7. The Hall–Kier alpha value is -0.220. The maximum atomic E-state index is 10.7. The van der Waals surface area contributed by atoms with Gasteiger partial charge in [0.2, 0.25) is 0 Å². The largest absolute Gasteiger partial charge is 0.481 e. The average molecular weight is 204 g/mol. The fourth-order valence-corrected chi connectivity index (χ4v) is 3.10. The van der Waals surface area contributed by atoms with Gasteiger partial charge in [-0.1, -0.05) is 0 Å². The Morgan fingerprint density at radius 2 is 2.46 bits per heavy atom. The lowest BCUT2D eigenvalue weighted by atomic mass is 9.82. The van der Waals surface area contributed by atoms with E-state index in [1.54, 1.807) is 7.11 Å². The van der Waals surface area contributed by atoms with Gasteiger partial charge in [0, 0.05) is 18.3 Å². The molecule has 0 aromatic heterocycles. The number of hydrogen-bond acceptors (Lipinski definition) is 3. The molecule has 1 saturated heterocycles. The molecule has 1 heterocycles. The molecular weight excluding hydrogens is 188 g/mol. The second-order valence-corrected chi connectivity index (χ2v) is 4.76. The van der Waals surface area contributed by atoms with Gasteiger partial charge in [0.15, 0.2) is 0 Å². The summed E-state index contributed by atoms with van der Waals surface area (Å²) in [5.41, 5.74) is -0.108. The third-order valence-electron chi connectivity index (χ3n) is 2.38. The predicted octanol–water partition coefficient (Wildman–Crippen LogP) is 1.62. The number of carboxylic acid groups (broad SMARTS) is 1. The Morgan fingerprint density at radius 1 is 1.69 bits per heavy atom. The first-order chi connectivity index (χ1) is 6.18. The highest BCUT2D eigenvalue weighted by molar-refractivity contribution is 7.99. The van der Waals surface area contributed by atoms with Gasteiger partial charge in [-0.25, -0.2) is 0 Å². The van der Waals surface area contributed by atoms with E-state index in [0.717, 1.165) is 24.3 Å². The van der Waals surface area contributed by atoms with Crippen LogP contribution in [-0.4, -0.2) is 36.3 Å². The normalized spacial score (nSPS) is 28.7. The van der Waals surface area contributed by atoms with Crippen molar-refractivity contribution in [2.75, 3.05) is 25.2 Å². The molecule has 0 radical (unpaired) electrons. The maximum Gasteiger partial charge on any atom is 0.304 e. The summed E-state index contributed by atoms with van der Waals surface area (Å²) in [7, 11) is 1.64. The van der Waals surface area contributed by atoms with Crippen molar-refractivity contribution in [3.8, 4) is 0 Å². The molecule has 1 aliphatic rings. The lowest BCUT2D eigenvalue weighted by molar-refractivity contribution is -0.140. The number of carbonyl (C=O) groups is 1. The molecular formula is C9H16O3S. The highest BCUT2D eigenvalue weighted by Crippen LogP contribution is 2.37. The van der Waals surface area contributed by atoms with Gasteiger partial charge in [-0.3, -0.25) is 4.79 Å². The maximum absolute atomic E-state index is 10.7. The van der Waals surface area contributed by atoms with Gasteiger partial charge >= 0.3 is 5.97 Å². The quantitative estimate of drug-likeness (QED) is 0.756. The van der Waals surface area contributed by atoms with E-state index in [2.05, 4.69) is 0 Å². The van der Waals surface area contributed by atoms with Crippen LogP contribution >= 0.6 is 11.8 Å². The Labute approximate surface area is 82.8 Å². The summed E-state index contributed by atoms with van der Waals surface area (Å²) in [6.07, 6.45) is 2.34. The van der Waals surface area contributed by atoms with Gasteiger partial charge in [-0.05, 0) is 18.6 Å². The minimum Gasteiger partial charge on any atom is -0.481 e. The smallest absolute Gasteiger partial charge is 0.304 e. The van der Waals surface area contributed by atoms with Crippen LogP contribution < -0.4 is 0 Å². The SMILES string of the molecule is COCC1(CC(=O)O)CCCSC1. The molecule has 1 aliphatic heterocycles. The van der Waals surface area contributed by atoms with Crippen molar-refractivity contribution < 1.29 is 14.6 Å². The Kier molecular flexibility index (Phi) is 4.06. The molecule has 13 heavy (non-hydrogen) atoms. The fourth-order valence-electron chi connectivity index (χ4n) is 1.84. The molecule has 1 fully saturated rings. The van der Waals surface area contributed by atoms with Crippen LogP contribution in [0.2, 0.25) is 0 Å². The van der Waals surface area contributed by atoms with Crippen LogP contribution in [0.15, 0.2) is 0 Å². The van der Waals surface area contributed by atoms with Gasteiger partial charge in [-0.2, -0.15) is 11.8 Å². The second kappa shape index (κ2) is 4.86. The Balaban J connectivity index is 2.55. The Bertz CT molecular complexity index is 170. The van der Waals surface area contributed by atoms with Gasteiger partial charge in [0.1, 0.15) is 0 Å². The first-order valence-electron chi connectivity index (χ1n) is 4.47. The molecule has 1 unspecified atom stereocenters. The topological polar surface area (TPSA) is 46.5 Å². The van der Waals surface area contributed by atoms with Gasteiger partial charge in [0.05, 0.1) is 13.0 Å². The van der Waals surface area contributed by atoms with E-state index in [1.807, 2.05) is 11.8 Å². The highest BCUT2D eigenvalue weighted by atomic mass is 32.2. The van der Waals surface area contributed by atoms with Crippen molar-refractivity contribution in [3.63, 3.8) is 0 Å². The highest BCUT2D eigenvalue weighted by Gasteiger charge is 2.34. The minimum absolute atomic E-state index is 0.108. The van der Waals surface area contributed by atoms with E-state index in [9.17, 15) is 4.79 Å². The molecule has 1 atom stereocenters. The van der Waals surface area contributed by atoms with Crippen molar-refractivity contribution >= 4 is 17.7 Å². The molecule has 0 saturated carbocycles. The molecule has 0 amide bonds. The number of aliphatic carboxylic acids is 1. The van der Waals surface area contributed by atoms with Gasteiger partial charge in [-0.15, -0.1) is 0 Å². The zero-order valence-corrected chi connectivity index (χ0v) is 8.73. The van der Waals surface area contributed by atoms with Gasteiger partial charge < -0.3 is 9.84 Å². The van der Waals surface area contributed by atoms with Crippen LogP contribution in [0.25, 0.3) is 0 Å². The predicted molar refractivity (Wildman–Crippen MR) is 53.1 cm³/mol. The number of rotatable bonds is 4. The minimum atomic E-state index is -0.709. The lowest BCUT2D eigenvalue weighted by Gasteiger charge is -2.34. The number of methoxy groups -OCH3 is 1. The molecule has 0 aromatic carbocycles. The van der Waals surface area contributed by atoms with E-state index in [4.69, 9.17) is 9.84 Å². The Morgan fingerprint density at radius 3 is 2.92 bits per heavy atom. The summed E-state index contributed by atoms with van der Waals surface area (Å²) in [5, 5.41) is 8.79. The van der Waals surface area contributed by atoms with Crippen LogP contribution in [0.4, 0.5) is 0 Å². The van der Waals surface area contributed by atoms with E-state index in [1.165, 1.54) is 0 Å². The summed E-state index contributed by atoms with van der Waals surface area (Å²) < 4.78 is 5.11. The molecule has 0 aliphatic carbocycles. The third kappa shape index (κ3) is 3.19. The molecule has 1 N–H and O–H groups in total. The van der Waals surface area contributed by atoms with Gasteiger partial charge in [0.25, 0.3) is 0 Å². The zero-order chi connectivity index (χ0) is 9.73. The van der Waals surface area contributed by atoms with E-state index in [0.29, 0.717) is 6.61 Å². The average Bonchev–Trinajstić information content (AvgIpc) is 2.04. The molecule has 4 heteroatoms. The molecule has 3 nitrogen and oxygen atoms in total. The van der Waals surface area contributed by atoms with E-state index in [-0.39, 0.29) is 11.8 Å². The zero-order valence-electron chi connectivity index (χ0n) is 7.91. The number of hydrogen-bond donors (Lipinski definition) is 1. The standard InChI is InChI=1S/C9H16O3S/c1-12-6-9(5-8(10)11)3-2-4-13-7-9/h2-7H2,1H3,(H,10,11). The third-order valence-corrected chi connectivity index (χ3v) is 3.77. The van der Waals surface area contributed by atoms with Crippen molar-refractivity contribution in [3.05, 3.63) is 0 Å². The van der Waals surface area contributed by atoms with E-state index >= 15 is 0 Å². The van der Waals surface area contributed by atoms with Crippen molar-refractivity contribution in [2.24, 2.45) is 5.41 Å². The van der Waals surface area contributed by atoms with E-state index < -0.39 is 5.97 Å². The van der Waals surface area contributed by atoms with Crippen LogP contribution in [0, 0.1) is 5.41 Å². The summed E-state index contributed by atoms with van der Waals surface area (Å²) in [5.74, 6) is 1.37. The molecule has 0 bridgehead atoms. The lowest BCUT2D eigenvalue weighted by Crippen LogP contribution is -2.34. The van der Waals surface area contributed by atoms with Crippen molar-refractivity contribution in [2.45, 2.75) is 19.3 Å². The number of carboxylic acids is 1. The monoisotopic (exact) mass is 204 g/mol. The molecule has 0 spiro atoms.